The lowest BCUT2D eigenvalue weighted by Crippen LogP contribution is -2.13. The van der Waals surface area contributed by atoms with Gasteiger partial charge in [0, 0.05) is 25.8 Å². The van der Waals surface area contributed by atoms with Gasteiger partial charge in [0.05, 0.1) is 0 Å². The van der Waals surface area contributed by atoms with Crippen LogP contribution in [0.3, 0.4) is 0 Å². The van der Waals surface area contributed by atoms with Gasteiger partial charge < -0.3 is 20.6 Å². The normalized spacial score (nSPS) is 10.3. The molecule has 0 radical (unpaired) electrons. The number of nitrogen functional groups attached to an aromatic ring is 1. The molecule has 5 N–H and O–H groups in total. The van der Waals surface area contributed by atoms with Crippen molar-refractivity contribution in [1.29, 1.82) is 0 Å². The number of nitrogens with one attached hydrogen (secondary N) is 2. The molecule has 0 aliphatic rings. The summed E-state index contributed by atoms with van der Waals surface area (Å²) in [5.74, 6) is 7.08. The van der Waals surface area contributed by atoms with Gasteiger partial charge in [0.1, 0.15) is 18.2 Å². The zero-order valence-electron chi connectivity index (χ0n) is 9.94. The van der Waals surface area contributed by atoms with Crippen LogP contribution in [0.25, 0.3) is 0 Å². The van der Waals surface area contributed by atoms with Crippen LogP contribution in [0.2, 0.25) is 0 Å². The topological polar surface area (TPSA) is 105 Å². The minimum absolute atomic E-state index is 0.145. The van der Waals surface area contributed by atoms with E-state index in [0.717, 1.165) is 0 Å². The Balaban J connectivity index is 2.67. The van der Waals surface area contributed by atoms with Crippen LogP contribution in [0, 0.1) is 0 Å². The molecular formula is C10H19N5O2. The smallest absolute Gasteiger partial charge is 0.158 e. The number of aromatic nitrogens is 2. The summed E-state index contributed by atoms with van der Waals surface area (Å²) in [4.78, 5) is 8.42. The van der Waals surface area contributed by atoms with Crippen molar-refractivity contribution < 1.29 is 9.84 Å². The van der Waals surface area contributed by atoms with E-state index in [1.165, 1.54) is 0 Å². The van der Waals surface area contributed by atoms with E-state index >= 15 is 0 Å². The Kier molecular flexibility index (Phi) is 6.23. The Labute approximate surface area is 100 Å². The SMILES string of the molecule is CCOCc1nc(NN)cc(NCCCO)n1. The van der Waals surface area contributed by atoms with Crippen LogP contribution in [-0.4, -0.2) is 34.8 Å². The van der Waals surface area contributed by atoms with Crippen LogP contribution in [0.5, 0.6) is 0 Å². The highest BCUT2D eigenvalue weighted by atomic mass is 16.5. The van der Waals surface area contributed by atoms with Gasteiger partial charge >= 0.3 is 0 Å². The van der Waals surface area contributed by atoms with Crippen molar-refractivity contribution in [1.82, 2.24) is 9.97 Å². The standard InChI is InChI=1S/C10H19N5O2/c1-2-17-7-10-13-8(12-4-3-5-16)6-9(14-10)15-11/h6,16H,2-5,7,11H2,1H3,(H2,12,13,14,15). The molecule has 0 spiro atoms. The second-order valence-electron chi connectivity index (χ2n) is 3.34. The van der Waals surface area contributed by atoms with Crippen LogP contribution >= 0.6 is 0 Å². The number of aliphatic hydroxyl groups is 1. The fraction of sp³-hybridized carbons (Fsp3) is 0.600. The number of anilines is 2. The quantitative estimate of drug-likeness (QED) is 0.290. The molecule has 0 amide bonds. The summed E-state index contributed by atoms with van der Waals surface area (Å²) in [5.41, 5.74) is 2.48. The lowest BCUT2D eigenvalue weighted by atomic mass is 10.4. The summed E-state index contributed by atoms with van der Waals surface area (Å²) >= 11 is 0. The van der Waals surface area contributed by atoms with Crippen LogP contribution in [0.4, 0.5) is 11.6 Å². The third-order valence-corrected chi connectivity index (χ3v) is 2.00. The van der Waals surface area contributed by atoms with Crippen molar-refractivity contribution in [3.8, 4) is 0 Å². The van der Waals surface area contributed by atoms with Gasteiger partial charge in [-0.15, -0.1) is 0 Å². The number of aliphatic hydroxyl groups excluding tert-OH is 1. The van der Waals surface area contributed by atoms with E-state index in [-0.39, 0.29) is 6.61 Å². The first-order valence-electron chi connectivity index (χ1n) is 5.57. The largest absolute Gasteiger partial charge is 0.396 e. The Bertz CT molecular complexity index is 334. The molecule has 0 aliphatic carbocycles. The first kappa shape index (κ1) is 13.6. The second kappa shape index (κ2) is 7.77. The van der Waals surface area contributed by atoms with Crippen LogP contribution in [-0.2, 0) is 11.3 Å². The molecule has 0 saturated heterocycles. The van der Waals surface area contributed by atoms with Crippen molar-refractivity contribution in [2.45, 2.75) is 20.0 Å². The van der Waals surface area contributed by atoms with E-state index in [2.05, 4.69) is 20.7 Å². The number of nitrogens with two attached hydrogens (primary N) is 1. The number of hydrogen-bond donors (Lipinski definition) is 4. The van der Waals surface area contributed by atoms with E-state index in [1.54, 1.807) is 6.07 Å². The van der Waals surface area contributed by atoms with Crippen molar-refractivity contribution in [2.75, 3.05) is 30.5 Å². The second-order valence-corrected chi connectivity index (χ2v) is 3.34. The first-order chi connectivity index (χ1) is 8.30. The molecule has 0 aromatic carbocycles. The van der Waals surface area contributed by atoms with Gasteiger partial charge in [-0.25, -0.2) is 15.8 Å². The Morgan fingerprint density at radius 3 is 2.82 bits per heavy atom. The van der Waals surface area contributed by atoms with E-state index in [4.69, 9.17) is 15.7 Å². The highest BCUT2D eigenvalue weighted by Gasteiger charge is 2.03. The lowest BCUT2D eigenvalue weighted by molar-refractivity contribution is 0.128. The maximum Gasteiger partial charge on any atom is 0.158 e. The number of hydrogen-bond acceptors (Lipinski definition) is 7. The molecule has 1 aromatic rings. The fourth-order valence-corrected chi connectivity index (χ4v) is 1.22. The Hall–Kier alpha value is -1.44. The number of nitrogens with zero attached hydrogens (tertiary/aromatic N) is 2. The fourth-order valence-electron chi connectivity index (χ4n) is 1.22. The van der Waals surface area contributed by atoms with Crippen molar-refractivity contribution in [2.24, 2.45) is 5.84 Å². The monoisotopic (exact) mass is 241 g/mol. The van der Waals surface area contributed by atoms with Gasteiger partial charge in [-0.1, -0.05) is 0 Å². The van der Waals surface area contributed by atoms with Gasteiger partial charge in [0.15, 0.2) is 5.82 Å². The lowest BCUT2D eigenvalue weighted by Gasteiger charge is -2.09. The van der Waals surface area contributed by atoms with Crippen LogP contribution < -0.4 is 16.6 Å². The highest BCUT2D eigenvalue weighted by molar-refractivity contribution is 5.46. The van der Waals surface area contributed by atoms with E-state index < -0.39 is 0 Å². The van der Waals surface area contributed by atoms with Gasteiger partial charge in [0.25, 0.3) is 0 Å². The minimum Gasteiger partial charge on any atom is -0.396 e. The van der Waals surface area contributed by atoms with Gasteiger partial charge in [-0.05, 0) is 13.3 Å². The molecule has 0 unspecified atom stereocenters. The average Bonchev–Trinajstić information content (AvgIpc) is 2.36. The van der Waals surface area contributed by atoms with Crippen LogP contribution in [0.1, 0.15) is 19.2 Å². The number of rotatable bonds is 8. The summed E-state index contributed by atoms with van der Waals surface area (Å²) in [6.45, 7) is 3.65. The Morgan fingerprint density at radius 1 is 1.41 bits per heavy atom. The molecule has 17 heavy (non-hydrogen) atoms. The molecule has 7 nitrogen and oxygen atoms in total. The summed E-state index contributed by atoms with van der Waals surface area (Å²) in [7, 11) is 0. The van der Waals surface area contributed by atoms with E-state index in [9.17, 15) is 0 Å². The molecule has 1 heterocycles. The highest BCUT2D eigenvalue weighted by Crippen LogP contribution is 2.11. The molecule has 0 aliphatic heterocycles. The third kappa shape index (κ3) is 4.94. The van der Waals surface area contributed by atoms with E-state index in [0.29, 0.717) is 43.6 Å². The summed E-state index contributed by atoms with van der Waals surface area (Å²) in [5, 5.41) is 11.8. The van der Waals surface area contributed by atoms with Gasteiger partial charge in [0.2, 0.25) is 0 Å². The molecular weight excluding hydrogens is 222 g/mol. The molecule has 0 atom stereocenters. The Morgan fingerprint density at radius 2 is 2.18 bits per heavy atom. The number of ether oxygens (including phenoxy) is 1. The molecule has 0 fully saturated rings. The predicted octanol–water partition coefficient (Wildman–Crippen LogP) is 0.0930. The molecule has 0 saturated carbocycles. The van der Waals surface area contributed by atoms with Gasteiger partial charge in [-0.3, -0.25) is 0 Å². The molecule has 7 heteroatoms. The van der Waals surface area contributed by atoms with Crippen molar-refractivity contribution in [3.05, 3.63) is 11.9 Å². The van der Waals surface area contributed by atoms with E-state index in [1.807, 2.05) is 6.92 Å². The number of hydrazine groups is 1. The molecule has 1 aromatic heterocycles. The molecule has 96 valence electrons. The summed E-state index contributed by atoms with van der Waals surface area (Å²) in [6.07, 6.45) is 0.663. The van der Waals surface area contributed by atoms with Gasteiger partial charge in [-0.2, -0.15) is 0 Å². The molecule has 1 rings (SSSR count). The van der Waals surface area contributed by atoms with Crippen LogP contribution in [0.15, 0.2) is 6.07 Å². The van der Waals surface area contributed by atoms with Crippen molar-refractivity contribution in [3.63, 3.8) is 0 Å². The van der Waals surface area contributed by atoms with Crippen molar-refractivity contribution >= 4 is 11.6 Å². The summed E-state index contributed by atoms with van der Waals surface area (Å²) in [6, 6.07) is 1.70. The maximum atomic E-state index is 8.69. The molecule has 0 bridgehead atoms. The first-order valence-corrected chi connectivity index (χ1v) is 5.57. The summed E-state index contributed by atoms with van der Waals surface area (Å²) < 4.78 is 5.24. The zero-order chi connectivity index (χ0) is 12.5. The zero-order valence-corrected chi connectivity index (χ0v) is 9.94. The minimum atomic E-state index is 0.145. The maximum absolute atomic E-state index is 8.69. The average molecular weight is 241 g/mol. The third-order valence-electron chi connectivity index (χ3n) is 2.00. The predicted molar refractivity (Wildman–Crippen MR) is 65.4 cm³/mol.